The molecule has 0 bridgehead atoms. The minimum atomic E-state index is -2.96. The highest BCUT2D eigenvalue weighted by molar-refractivity contribution is 7.90. The number of aromatic nitrogens is 2. The maximum Gasteiger partial charge on any atom is 0.148 e. The normalized spacial score (nSPS) is 11.4. The Kier molecular flexibility index (Phi) is 7.62. The highest BCUT2D eigenvalue weighted by Gasteiger charge is 2.08. The van der Waals surface area contributed by atoms with E-state index in [1.54, 1.807) is 6.33 Å². The van der Waals surface area contributed by atoms with Crippen LogP contribution in [0.3, 0.4) is 0 Å². The highest BCUT2D eigenvalue weighted by atomic mass is 32.2. The minimum absolute atomic E-state index is 0.131. The van der Waals surface area contributed by atoms with Crippen molar-refractivity contribution in [3.63, 3.8) is 0 Å². The average molecular weight is 525 g/mol. The molecule has 1 heterocycles. The number of hydrogen-bond donors (Lipinski definition) is 2. The van der Waals surface area contributed by atoms with Gasteiger partial charge in [-0.1, -0.05) is 48.5 Å². The number of fused-ring (bicyclic) bond motifs is 1. The van der Waals surface area contributed by atoms with Gasteiger partial charge in [0.15, 0.2) is 0 Å². The molecule has 5 rings (SSSR count). The second-order valence-corrected chi connectivity index (χ2v) is 11.3. The summed E-state index contributed by atoms with van der Waals surface area (Å²) in [5.74, 6) is 2.40. The fourth-order valence-electron chi connectivity index (χ4n) is 4.01. The molecule has 0 atom stereocenters. The summed E-state index contributed by atoms with van der Waals surface area (Å²) in [6, 6.07) is 31.8. The van der Waals surface area contributed by atoms with E-state index >= 15 is 0 Å². The molecule has 4 aromatic carbocycles. The van der Waals surface area contributed by atoms with Crippen LogP contribution in [0.1, 0.15) is 5.56 Å². The van der Waals surface area contributed by atoms with E-state index in [0.29, 0.717) is 13.1 Å². The summed E-state index contributed by atoms with van der Waals surface area (Å²) < 4.78 is 28.4. The van der Waals surface area contributed by atoms with E-state index in [2.05, 4.69) is 38.8 Å². The number of nitrogens with one attached hydrogen (secondary N) is 2. The van der Waals surface area contributed by atoms with E-state index < -0.39 is 9.84 Å². The molecule has 0 unspecified atom stereocenters. The first kappa shape index (κ1) is 25.4. The predicted octanol–water partition coefficient (Wildman–Crippen LogP) is 5.97. The molecule has 0 spiro atoms. The number of hydrogen-bond acceptors (Lipinski definition) is 7. The van der Waals surface area contributed by atoms with Gasteiger partial charge in [-0.15, -0.1) is 0 Å². The summed E-state index contributed by atoms with van der Waals surface area (Å²) in [5.41, 5.74) is 4.96. The summed E-state index contributed by atoms with van der Waals surface area (Å²) in [7, 11) is -2.96. The van der Waals surface area contributed by atoms with Gasteiger partial charge in [0.1, 0.15) is 33.5 Å². The van der Waals surface area contributed by atoms with Crippen molar-refractivity contribution >= 4 is 32.2 Å². The van der Waals surface area contributed by atoms with Gasteiger partial charge < -0.3 is 15.4 Å². The number of sulfone groups is 1. The number of nitrogens with zero attached hydrogens (tertiary/aromatic N) is 2. The number of para-hydroxylation sites is 1. The molecular weight excluding hydrogens is 496 g/mol. The maximum atomic E-state index is 11.3. The van der Waals surface area contributed by atoms with Crippen LogP contribution >= 0.6 is 0 Å². The van der Waals surface area contributed by atoms with Crippen LogP contribution in [0.25, 0.3) is 22.0 Å². The van der Waals surface area contributed by atoms with Crippen LogP contribution in [-0.4, -0.2) is 36.9 Å². The van der Waals surface area contributed by atoms with Crippen molar-refractivity contribution in [3.8, 4) is 22.6 Å². The van der Waals surface area contributed by atoms with Crippen LogP contribution in [0.4, 0.5) is 11.5 Å². The van der Waals surface area contributed by atoms with Crippen LogP contribution in [-0.2, 0) is 16.4 Å². The molecule has 0 radical (unpaired) electrons. The van der Waals surface area contributed by atoms with E-state index in [-0.39, 0.29) is 5.75 Å². The molecule has 0 amide bonds. The Morgan fingerprint density at radius 1 is 0.789 bits per heavy atom. The van der Waals surface area contributed by atoms with Gasteiger partial charge in [-0.25, -0.2) is 18.4 Å². The Hall–Kier alpha value is -4.27. The van der Waals surface area contributed by atoms with E-state index in [9.17, 15) is 8.42 Å². The lowest BCUT2D eigenvalue weighted by molar-refractivity contribution is 0.483. The lowest BCUT2D eigenvalue weighted by atomic mass is 10.0. The van der Waals surface area contributed by atoms with Crippen molar-refractivity contribution in [1.82, 2.24) is 15.3 Å². The smallest absolute Gasteiger partial charge is 0.148 e. The fourth-order valence-corrected chi connectivity index (χ4v) is 4.52. The van der Waals surface area contributed by atoms with Crippen molar-refractivity contribution in [2.75, 3.05) is 23.9 Å². The number of anilines is 2. The monoisotopic (exact) mass is 524 g/mol. The Bertz CT molecular complexity index is 1620. The van der Waals surface area contributed by atoms with Gasteiger partial charge in [0.25, 0.3) is 0 Å². The van der Waals surface area contributed by atoms with E-state index in [0.717, 1.165) is 50.6 Å². The van der Waals surface area contributed by atoms with Crippen LogP contribution in [0.5, 0.6) is 11.5 Å². The van der Waals surface area contributed by atoms with E-state index in [4.69, 9.17) is 4.74 Å². The predicted molar refractivity (Wildman–Crippen MR) is 153 cm³/mol. The zero-order valence-electron chi connectivity index (χ0n) is 21.0. The van der Waals surface area contributed by atoms with Crippen LogP contribution < -0.4 is 15.4 Å². The molecular formula is C30H28N4O3S. The van der Waals surface area contributed by atoms with Crippen molar-refractivity contribution < 1.29 is 13.2 Å². The standard InChI is InChI=1S/C30H28N4O3S/c1-38(35,36)18-17-31-20-22-7-9-23(10-8-22)24-11-16-29-28(19-24)30(33-21-32-29)34-25-12-14-27(15-13-25)37-26-5-3-2-4-6-26/h2-16,19,21,31H,17-18,20H2,1H3,(H,32,33,34). The van der Waals surface area contributed by atoms with Gasteiger partial charge in [0.2, 0.25) is 0 Å². The van der Waals surface area contributed by atoms with Crippen LogP contribution in [0.15, 0.2) is 103 Å². The maximum absolute atomic E-state index is 11.3. The highest BCUT2D eigenvalue weighted by Crippen LogP contribution is 2.30. The molecule has 7 nitrogen and oxygen atoms in total. The Morgan fingerprint density at radius 3 is 2.24 bits per heavy atom. The third kappa shape index (κ3) is 6.73. The molecule has 0 fully saturated rings. The first-order valence-electron chi connectivity index (χ1n) is 12.3. The van der Waals surface area contributed by atoms with Crippen LogP contribution in [0.2, 0.25) is 0 Å². The Morgan fingerprint density at radius 2 is 1.50 bits per heavy atom. The molecule has 8 heteroatoms. The minimum Gasteiger partial charge on any atom is -0.457 e. The molecule has 0 aliphatic carbocycles. The first-order valence-corrected chi connectivity index (χ1v) is 14.3. The molecule has 192 valence electrons. The van der Waals surface area contributed by atoms with Gasteiger partial charge in [-0.05, 0) is 65.2 Å². The van der Waals surface area contributed by atoms with Crippen molar-refractivity contribution in [3.05, 3.63) is 109 Å². The molecule has 0 aliphatic heterocycles. The lowest BCUT2D eigenvalue weighted by Crippen LogP contribution is -2.21. The molecule has 5 aromatic rings. The molecule has 0 saturated heterocycles. The third-order valence-corrected chi connectivity index (χ3v) is 6.94. The van der Waals surface area contributed by atoms with E-state index in [1.165, 1.54) is 6.26 Å². The van der Waals surface area contributed by atoms with Crippen LogP contribution in [0, 0.1) is 0 Å². The van der Waals surface area contributed by atoms with Gasteiger partial charge in [-0.2, -0.15) is 0 Å². The second kappa shape index (κ2) is 11.4. The number of rotatable bonds is 10. The summed E-state index contributed by atoms with van der Waals surface area (Å²) in [5, 5.41) is 7.50. The van der Waals surface area contributed by atoms with Gasteiger partial charge in [0, 0.05) is 30.4 Å². The average Bonchev–Trinajstić information content (AvgIpc) is 2.93. The SMILES string of the molecule is CS(=O)(=O)CCNCc1ccc(-c2ccc3ncnc(Nc4ccc(Oc5ccccc5)cc4)c3c2)cc1. The summed E-state index contributed by atoms with van der Waals surface area (Å²) >= 11 is 0. The molecule has 0 aliphatic rings. The number of ether oxygens (including phenoxy) is 1. The second-order valence-electron chi connectivity index (χ2n) is 9.02. The van der Waals surface area contributed by atoms with Crippen molar-refractivity contribution in [2.24, 2.45) is 0 Å². The fraction of sp³-hybridized carbons (Fsp3) is 0.133. The largest absolute Gasteiger partial charge is 0.457 e. The van der Waals surface area contributed by atoms with E-state index in [1.807, 2.05) is 78.9 Å². The third-order valence-electron chi connectivity index (χ3n) is 6.00. The lowest BCUT2D eigenvalue weighted by Gasteiger charge is -2.11. The summed E-state index contributed by atoms with van der Waals surface area (Å²) in [6.45, 7) is 1.05. The first-order chi connectivity index (χ1) is 18.4. The zero-order chi connectivity index (χ0) is 26.4. The summed E-state index contributed by atoms with van der Waals surface area (Å²) in [4.78, 5) is 8.93. The van der Waals surface area contributed by atoms with Crippen molar-refractivity contribution in [1.29, 1.82) is 0 Å². The molecule has 2 N–H and O–H groups in total. The summed E-state index contributed by atoms with van der Waals surface area (Å²) in [6.07, 6.45) is 2.81. The molecule has 1 aromatic heterocycles. The Balaban J connectivity index is 1.29. The van der Waals surface area contributed by atoms with Gasteiger partial charge >= 0.3 is 0 Å². The topological polar surface area (TPSA) is 93.2 Å². The molecule has 0 saturated carbocycles. The zero-order valence-corrected chi connectivity index (χ0v) is 21.8. The Labute approximate surface area is 222 Å². The van der Waals surface area contributed by atoms with Gasteiger partial charge in [-0.3, -0.25) is 0 Å². The van der Waals surface area contributed by atoms with Crippen molar-refractivity contribution in [2.45, 2.75) is 6.54 Å². The number of benzene rings is 4. The molecule has 38 heavy (non-hydrogen) atoms. The quantitative estimate of drug-likeness (QED) is 0.218. The van der Waals surface area contributed by atoms with Gasteiger partial charge in [0.05, 0.1) is 11.3 Å².